The maximum absolute atomic E-state index is 2.51. The summed E-state index contributed by atoms with van der Waals surface area (Å²) >= 11 is 0. The van der Waals surface area contributed by atoms with Gasteiger partial charge in [-0.2, -0.15) is 0 Å². The summed E-state index contributed by atoms with van der Waals surface area (Å²) in [5.74, 6) is 1.79. The van der Waals surface area contributed by atoms with Crippen LogP contribution >= 0.6 is 0 Å². The first-order valence-electron chi connectivity index (χ1n) is 6.29. The highest BCUT2D eigenvalue weighted by Crippen LogP contribution is 2.52. The molecule has 3 unspecified atom stereocenters. The minimum absolute atomic E-state index is 0.565. The Morgan fingerprint density at radius 3 is 2.21 bits per heavy atom. The Morgan fingerprint density at radius 2 is 1.79 bits per heavy atom. The highest BCUT2D eigenvalue weighted by Gasteiger charge is 2.41. The van der Waals surface area contributed by atoms with Crippen molar-refractivity contribution < 1.29 is 0 Å². The molecular formula is C14H28. The third-order valence-corrected chi connectivity index (χ3v) is 4.40. The monoisotopic (exact) mass is 196 g/mol. The van der Waals surface area contributed by atoms with Gasteiger partial charge in [-0.3, -0.25) is 0 Å². The molecule has 0 nitrogen and oxygen atoms in total. The van der Waals surface area contributed by atoms with E-state index in [9.17, 15) is 0 Å². The van der Waals surface area contributed by atoms with Crippen LogP contribution in [0.5, 0.6) is 0 Å². The fourth-order valence-electron chi connectivity index (χ4n) is 3.92. The largest absolute Gasteiger partial charge is 0.0651 e. The Morgan fingerprint density at radius 1 is 1.21 bits per heavy atom. The maximum Gasteiger partial charge on any atom is -0.0293 e. The van der Waals surface area contributed by atoms with E-state index >= 15 is 0 Å². The minimum atomic E-state index is 0.565. The molecule has 1 saturated carbocycles. The molecule has 0 heteroatoms. The standard InChI is InChI=1S/C14H28/c1-7-12(3)14(6)9-11(2)8-13(4,5)10-14/h11-12H,7-10H2,1-6H3. The van der Waals surface area contributed by atoms with Crippen molar-refractivity contribution in [1.82, 2.24) is 0 Å². The summed E-state index contributed by atoms with van der Waals surface area (Å²) in [6.45, 7) is 14.6. The molecule has 0 radical (unpaired) electrons. The number of hydrogen-bond donors (Lipinski definition) is 0. The molecule has 1 aliphatic carbocycles. The van der Waals surface area contributed by atoms with Crippen LogP contribution in [0.15, 0.2) is 0 Å². The smallest absolute Gasteiger partial charge is 0.0293 e. The second kappa shape index (κ2) is 3.87. The zero-order chi connectivity index (χ0) is 11.0. The Kier molecular flexibility index (Phi) is 3.33. The van der Waals surface area contributed by atoms with Gasteiger partial charge in [0.25, 0.3) is 0 Å². The molecule has 1 rings (SSSR count). The van der Waals surface area contributed by atoms with Crippen LogP contribution in [0.4, 0.5) is 0 Å². The molecule has 3 atom stereocenters. The van der Waals surface area contributed by atoms with E-state index in [1.807, 2.05) is 0 Å². The molecule has 84 valence electrons. The van der Waals surface area contributed by atoms with E-state index < -0.39 is 0 Å². The van der Waals surface area contributed by atoms with Crippen molar-refractivity contribution in [3.63, 3.8) is 0 Å². The Bertz CT molecular complexity index is 192. The lowest BCUT2D eigenvalue weighted by Crippen LogP contribution is -2.38. The van der Waals surface area contributed by atoms with Crippen LogP contribution in [0, 0.1) is 22.7 Å². The number of rotatable bonds is 2. The summed E-state index contributed by atoms with van der Waals surface area (Å²) < 4.78 is 0. The van der Waals surface area contributed by atoms with Crippen molar-refractivity contribution in [3.8, 4) is 0 Å². The van der Waals surface area contributed by atoms with Gasteiger partial charge in [0.15, 0.2) is 0 Å². The van der Waals surface area contributed by atoms with Crippen LogP contribution in [0.3, 0.4) is 0 Å². The minimum Gasteiger partial charge on any atom is -0.0651 e. The molecule has 0 N–H and O–H groups in total. The van der Waals surface area contributed by atoms with Crippen LogP contribution < -0.4 is 0 Å². The molecule has 14 heavy (non-hydrogen) atoms. The van der Waals surface area contributed by atoms with E-state index in [0.717, 1.165) is 11.8 Å². The lowest BCUT2D eigenvalue weighted by molar-refractivity contribution is 0.0179. The van der Waals surface area contributed by atoms with Crippen LogP contribution in [-0.2, 0) is 0 Å². The average Bonchev–Trinajstić information content (AvgIpc) is 1.98. The first-order valence-corrected chi connectivity index (χ1v) is 6.29. The molecule has 0 aromatic heterocycles. The first-order chi connectivity index (χ1) is 6.29. The third-order valence-electron chi connectivity index (χ3n) is 4.40. The molecular weight excluding hydrogens is 168 g/mol. The summed E-state index contributed by atoms with van der Waals surface area (Å²) in [6, 6.07) is 0. The van der Waals surface area contributed by atoms with Gasteiger partial charge < -0.3 is 0 Å². The summed E-state index contributed by atoms with van der Waals surface area (Å²) in [5.41, 5.74) is 1.16. The normalized spacial score (nSPS) is 39.4. The second-order valence-corrected chi connectivity index (χ2v) is 6.82. The molecule has 0 bridgehead atoms. The Balaban J connectivity index is 2.78. The predicted molar refractivity (Wildman–Crippen MR) is 64.4 cm³/mol. The zero-order valence-electron chi connectivity index (χ0n) is 11.0. The van der Waals surface area contributed by atoms with Gasteiger partial charge in [0.1, 0.15) is 0 Å². The van der Waals surface area contributed by atoms with Crippen molar-refractivity contribution in [2.24, 2.45) is 22.7 Å². The lowest BCUT2D eigenvalue weighted by atomic mass is 9.57. The maximum atomic E-state index is 2.51. The summed E-state index contributed by atoms with van der Waals surface area (Å²) in [4.78, 5) is 0. The topological polar surface area (TPSA) is 0 Å². The van der Waals surface area contributed by atoms with Gasteiger partial charge in [-0.15, -0.1) is 0 Å². The van der Waals surface area contributed by atoms with Gasteiger partial charge in [-0.05, 0) is 41.9 Å². The Labute approximate surface area is 90.5 Å². The van der Waals surface area contributed by atoms with Gasteiger partial charge >= 0.3 is 0 Å². The molecule has 1 aliphatic rings. The first kappa shape index (κ1) is 12.1. The van der Waals surface area contributed by atoms with Crippen LogP contribution in [0.1, 0.15) is 67.2 Å². The fraction of sp³-hybridized carbons (Fsp3) is 1.00. The molecule has 0 aliphatic heterocycles. The van der Waals surface area contributed by atoms with E-state index in [4.69, 9.17) is 0 Å². The average molecular weight is 196 g/mol. The van der Waals surface area contributed by atoms with E-state index in [-0.39, 0.29) is 0 Å². The number of hydrogen-bond acceptors (Lipinski definition) is 0. The van der Waals surface area contributed by atoms with Crippen molar-refractivity contribution in [2.45, 2.75) is 67.2 Å². The van der Waals surface area contributed by atoms with Gasteiger partial charge in [0.2, 0.25) is 0 Å². The highest BCUT2D eigenvalue weighted by atomic mass is 14.5. The quantitative estimate of drug-likeness (QED) is 0.590. The van der Waals surface area contributed by atoms with Gasteiger partial charge in [0.05, 0.1) is 0 Å². The van der Waals surface area contributed by atoms with Gasteiger partial charge in [-0.1, -0.05) is 48.0 Å². The summed E-state index contributed by atoms with van der Waals surface area (Å²) in [7, 11) is 0. The van der Waals surface area contributed by atoms with Gasteiger partial charge in [0, 0.05) is 0 Å². The lowest BCUT2D eigenvalue weighted by Gasteiger charge is -2.49. The molecule has 0 aromatic rings. The molecule has 0 saturated heterocycles. The molecule has 0 aromatic carbocycles. The zero-order valence-corrected chi connectivity index (χ0v) is 11.0. The van der Waals surface area contributed by atoms with E-state index in [1.54, 1.807) is 0 Å². The van der Waals surface area contributed by atoms with E-state index in [2.05, 4.69) is 41.5 Å². The summed E-state index contributed by atoms with van der Waals surface area (Å²) in [6.07, 6.45) is 5.60. The van der Waals surface area contributed by atoms with Crippen molar-refractivity contribution >= 4 is 0 Å². The van der Waals surface area contributed by atoms with Crippen molar-refractivity contribution in [1.29, 1.82) is 0 Å². The van der Waals surface area contributed by atoms with Crippen LogP contribution in [0.2, 0.25) is 0 Å². The van der Waals surface area contributed by atoms with Gasteiger partial charge in [-0.25, -0.2) is 0 Å². The molecule has 0 amide bonds. The van der Waals surface area contributed by atoms with Crippen LogP contribution in [-0.4, -0.2) is 0 Å². The SMILES string of the molecule is CCC(C)C1(C)CC(C)CC(C)(C)C1. The second-order valence-electron chi connectivity index (χ2n) is 6.82. The van der Waals surface area contributed by atoms with E-state index in [1.165, 1.54) is 25.7 Å². The Hall–Kier alpha value is 0. The third kappa shape index (κ3) is 2.52. The van der Waals surface area contributed by atoms with Crippen molar-refractivity contribution in [3.05, 3.63) is 0 Å². The molecule has 0 heterocycles. The molecule has 1 fully saturated rings. The molecule has 0 spiro atoms. The summed E-state index contributed by atoms with van der Waals surface area (Å²) in [5, 5.41) is 0. The van der Waals surface area contributed by atoms with Crippen LogP contribution in [0.25, 0.3) is 0 Å². The van der Waals surface area contributed by atoms with Crippen molar-refractivity contribution in [2.75, 3.05) is 0 Å². The predicted octanol–water partition coefficient (Wildman–Crippen LogP) is 4.89. The van der Waals surface area contributed by atoms with E-state index in [0.29, 0.717) is 10.8 Å². The fourth-order valence-corrected chi connectivity index (χ4v) is 3.92. The highest BCUT2D eigenvalue weighted by molar-refractivity contribution is 4.92.